The van der Waals surface area contributed by atoms with Crippen LogP contribution in [0, 0.1) is 0 Å². The summed E-state index contributed by atoms with van der Waals surface area (Å²) in [5.41, 5.74) is 4.64. The molecule has 1 aliphatic rings. The largest absolute Gasteiger partial charge is 0.386 e. The normalized spacial score (nSPS) is 20.5. The van der Waals surface area contributed by atoms with Crippen molar-refractivity contribution in [2.75, 3.05) is 13.1 Å². The summed E-state index contributed by atoms with van der Waals surface area (Å²) in [5, 5.41) is 9.71. The number of carbonyl (C=O) groups excluding carboxylic acids is 1. The summed E-state index contributed by atoms with van der Waals surface area (Å²) < 4.78 is 0. The number of aliphatic hydroxyl groups is 1. The maximum absolute atomic E-state index is 11.6. The summed E-state index contributed by atoms with van der Waals surface area (Å²) in [5.74, 6) is 0.0376. The molecule has 1 heterocycles. The summed E-state index contributed by atoms with van der Waals surface area (Å²) >= 11 is 0. The van der Waals surface area contributed by atoms with Gasteiger partial charge in [-0.05, 0) is 20.3 Å². The number of amides is 1. The van der Waals surface area contributed by atoms with Crippen molar-refractivity contribution in [2.24, 2.45) is 5.73 Å². The molecule has 4 heteroatoms. The molecule has 0 spiro atoms. The maximum Gasteiger partial charge on any atom is 0.224 e. The van der Waals surface area contributed by atoms with E-state index in [4.69, 9.17) is 5.73 Å². The molecular formula is C10H20N2O2. The quantitative estimate of drug-likeness (QED) is 0.679. The van der Waals surface area contributed by atoms with E-state index in [9.17, 15) is 9.90 Å². The molecule has 1 rings (SSSR count). The van der Waals surface area contributed by atoms with Gasteiger partial charge in [0.05, 0.1) is 18.7 Å². The Labute approximate surface area is 85.1 Å². The molecule has 1 fully saturated rings. The Balaban J connectivity index is 2.37. The number of hydrogen-bond donors (Lipinski definition) is 2. The highest BCUT2D eigenvalue weighted by atomic mass is 16.3. The van der Waals surface area contributed by atoms with Crippen molar-refractivity contribution in [1.82, 2.24) is 4.90 Å². The van der Waals surface area contributed by atoms with Gasteiger partial charge < -0.3 is 15.7 Å². The van der Waals surface area contributed by atoms with Crippen LogP contribution in [0.2, 0.25) is 0 Å². The molecule has 1 aliphatic heterocycles. The highest BCUT2D eigenvalue weighted by Crippen LogP contribution is 2.25. The van der Waals surface area contributed by atoms with E-state index in [0.717, 1.165) is 0 Å². The van der Waals surface area contributed by atoms with Crippen molar-refractivity contribution in [3.63, 3.8) is 0 Å². The number of β-amino-alcohol motifs (C(OH)–C–C–N with tert-alkyl or cyclic N) is 1. The van der Waals surface area contributed by atoms with Crippen LogP contribution in [0.25, 0.3) is 0 Å². The van der Waals surface area contributed by atoms with Gasteiger partial charge in [-0.25, -0.2) is 0 Å². The van der Waals surface area contributed by atoms with Crippen LogP contribution in [0.5, 0.6) is 0 Å². The number of rotatable bonds is 3. The monoisotopic (exact) mass is 200 g/mol. The molecule has 14 heavy (non-hydrogen) atoms. The zero-order valence-electron chi connectivity index (χ0n) is 9.21. The van der Waals surface area contributed by atoms with E-state index < -0.39 is 11.1 Å². The van der Waals surface area contributed by atoms with E-state index in [2.05, 4.69) is 0 Å². The van der Waals surface area contributed by atoms with Crippen molar-refractivity contribution in [3.8, 4) is 0 Å². The Kier molecular flexibility index (Phi) is 2.88. The fraction of sp³-hybridized carbons (Fsp3) is 0.900. The van der Waals surface area contributed by atoms with Crippen LogP contribution < -0.4 is 5.73 Å². The predicted octanol–water partition coefficient (Wildman–Crippen LogP) is 0.0971. The molecule has 4 nitrogen and oxygen atoms in total. The van der Waals surface area contributed by atoms with E-state index in [0.29, 0.717) is 25.9 Å². The first kappa shape index (κ1) is 11.5. The lowest BCUT2D eigenvalue weighted by molar-refractivity contribution is -0.156. The topological polar surface area (TPSA) is 66.6 Å². The number of hydrogen-bond acceptors (Lipinski definition) is 3. The summed E-state index contributed by atoms with van der Waals surface area (Å²) in [6.45, 7) is 6.50. The molecule has 0 saturated carbocycles. The first-order chi connectivity index (χ1) is 6.26. The van der Waals surface area contributed by atoms with E-state index in [-0.39, 0.29) is 5.91 Å². The maximum atomic E-state index is 11.6. The van der Waals surface area contributed by atoms with E-state index in [1.165, 1.54) is 0 Å². The van der Waals surface area contributed by atoms with Crippen LogP contribution in [0.4, 0.5) is 0 Å². The number of likely N-dealkylation sites (tertiary alicyclic amines) is 1. The van der Waals surface area contributed by atoms with Crippen LogP contribution in [0.3, 0.4) is 0 Å². The lowest BCUT2D eigenvalue weighted by atomic mass is 9.90. The SMILES string of the molecule is CCC1(O)CN(C(=O)CC(C)(C)N)C1. The Bertz CT molecular complexity index is 227. The molecule has 0 atom stereocenters. The zero-order chi connectivity index (χ0) is 11.0. The molecule has 82 valence electrons. The van der Waals surface area contributed by atoms with Crippen LogP contribution in [-0.2, 0) is 4.79 Å². The molecule has 1 amide bonds. The van der Waals surface area contributed by atoms with Gasteiger partial charge in [-0.1, -0.05) is 6.92 Å². The molecule has 0 radical (unpaired) electrons. The molecule has 3 N–H and O–H groups in total. The predicted molar refractivity (Wildman–Crippen MR) is 54.7 cm³/mol. The fourth-order valence-corrected chi connectivity index (χ4v) is 1.57. The second kappa shape index (κ2) is 3.51. The lowest BCUT2D eigenvalue weighted by Gasteiger charge is -2.46. The third-order valence-corrected chi connectivity index (χ3v) is 2.59. The zero-order valence-corrected chi connectivity index (χ0v) is 9.21. The van der Waals surface area contributed by atoms with Crippen molar-refractivity contribution in [3.05, 3.63) is 0 Å². The van der Waals surface area contributed by atoms with Gasteiger partial charge in [-0.15, -0.1) is 0 Å². The smallest absolute Gasteiger partial charge is 0.224 e. The van der Waals surface area contributed by atoms with Crippen LogP contribution >= 0.6 is 0 Å². The molecule has 1 saturated heterocycles. The molecular weight excluding hydrogens is 180 g/mol. The summed E-state index contributed by atoms with van der Waals surface area (Å²) in [6, 6.07) is 0. The Morgan fingerprint density at radius 3 is 2.43 bits per heavy atom. The van der Waals surface area contributed by atoms with Crippen molar-refractivity contribution < 1.29 is 9.90 Å². The minimum atomic E-state index is -0.644. The summed E-state index contributed by atoms with van der Waals surface area (Å²) in [4.78, 5) is 13.2. The van der Waals surface area contributed by atoms with Crippen molar-refractivity contribution >= 4 is 5.91 Å². The first-order valence-corrected chi connectivity index (χ1v) is 5.05. The van der Waals surface area contributed by atoms with Crippen LogP contribution in [0.1, 0.15) is 33.6 Å². The Hall–Kier alpha value is -0.610. The lowest BCUT2D eigenvalue weighted by Crippen LogP contribution is -2.63. The van der Waals surface area contributed by atoms with E-state index in [1.807, 2.05) is 20.8 Å². The van der Waals surface area contributed by atoms with E-state index >= 15 is 0 Å². The van der Waals surface area contributed by atoms with Gasteiger partial charge in [-0.2, -0.15) is 0 Å². The Morgan fingerprint density at radius 2 is 2.07 bits per heavy atom. The number of nitrogens with two attached hydrogens (primary N) is 1. The van der Waals surface area contributed by atoms with Gasteiger partial charge in [0, 0.05) is 12.0 Å². The number of carbonyl (C=O) groups is 1. The van der Waals surface area contributed by atoms with Gasteiger partial charge in [-0.3, -0.25) is 4.79 Å². The highest BCUT2D eigenvalue weighted by molar-refractivity contribution is 5.78. The molecule has 0 bridgehead atoms. The number of nitrogens with zero attached hydrogens (tertiary/aromatic N) is 1. The third kappa shape index (κ3) is 2.69. The third-order valence-electron chi connectivity index (χ3n) is 2.59. The molecule has 0 aromatic rings. The Morgan fingerprint density at radius 1 is 1.57 bits per heavy atom. The van der Waals surface area contributed by atoms with Gasteiger partial charge in [0.2, 0.25) is 5.91 Å². The average Bonchev–Trinajstić information content (AvgIpc) is 1.95. The summed E-state index contributed by atoms with van der Waals surface area (Å²) in [7, 11) is 0. The van der Waals surface area contributed by atoms with Gasteiger partial charge in [0.15, 0.2) is 0 Å². The van der Waals surface area contributed by atoms with E-state index in [1.54, 1.807) is 4.90 Å². The minimum Gasteiger partial charge on any atom is -0.386 e. The van der Waals surface area contributed by atoms with Crippen LogP contribution in [0.15, 0.2) is 0 Å². The van der Waals surface area contributed by atoms with Crippen molar-refractivity contribution in [2.45, 2.75) is 44.8 Å². The first-order valence-electron chi connectivity index (χ1n) is 5.05. The molecule has 0 unspecified atom stereocenters. The highest BCUT2D eigenvalue weighted by Gasteiger charge is 2.42. The van der Waals surface area contributed by atoms with Gasteiger partial charge >= 0.3 is 0 Å². The molecule has 0 aromatic carbocycles. The second-order valence-electron chi connectivity index (χ2n) is 4.99. The summed E-state index contributed by atoms with van der Waals surface area (Å²) in [6.07, 6.45) is 1.04. The second-order valence-corrected chi connectivity index (χ2v) is 4.99. The van der Waals surface area contributed by atoms with Crippen LogP contribution in [-0.4, -0.2) is 40.1 Å². The standard InChI is InChI=1S/C10H20N2O2/c1-4-10(14)6-12(7-10)8(13)5-9(2,3)11/h14H,4-7,11H2,1-3H3. The van der Waals surface area contributed by atoms with Crippen molar-refractivity contribution in [1.29, 1.82) is 0 Å². The molecule has 0 aromatic heterocycles. The fourth-order valence-electron chi connectivity index (χ4n) is 1.57. The average molecular weight is 200 g/mol. The minimum absolute atomic E-state index is 0.0376. The van der Waals surface area contributed by atoms with Gasteiger partial charge in [0.25, 0.3) is 0 Å². The molecule has 0 aliphatic carbocycles. The van der Waals surface area contributed by atoms with Gasteiger partial charge in [0.1, 0.15) is 0 Å².